The van der Waals surface area contributed by atoms with Gasteiger partial charge in [-0.1, -0.05) is 81.5 Å². The minimum absolute atomic E-state index is 1.17. The molecule has 2 aromatic rings. The van der Waals surface area contributed by atoms with Gasteiger partial charge in [0, 0.05) is 0 Å². The molecule has 0 saturated carbocycles. The fourth-order valence-corrected chi connectivity index (χ4v) is 2.13. The fraction of sp³-hybridized carbons (Fsp3) is 0.217. The topological polar surface area (TPSA) is 0 Å². The second kappa shape index (κ2) is 12.2. The smallest absolute Gasteiger partial charge is 0.0149 e. The highest BCUT2D eigenvalue weighted by Crippen LogP contribution is 2.27. The van der Waals surface area contributed by atoms with E-state index < -0.39 is 0 Å². The van der Waals surface area contributed by atoms with Crippen LogP contribution in [0.2, 0.25) is 0 Å². The molecule has 0 N–H and O–H groups in total. The summed E-state index contributed by atoms with van der Waals surface area (Å²) in [6.45, 7) is 18.3. The molecule has 0 aliphatic heterocycles. The summed E-state index contributed by atoms with van der Waals surface area (Å²) in [7, 11) is 0. The number of hydrogen-bond donors (Lipinski definition) is 0. The average molecular weight is 306 g/mol. The van der Waals surface area contributed by atoms with Gasteiger partial charge in [-0.25, -0.2) is 0 Å². The van der Waals surface area contributed by atoms with Crippen LogP contribution >= 0.6 is 0 Å². The minimum Gasteiger partial charge on any atom is -0.106 e. The summed E-state index contributed by atoms with van der Waals surface area (Å²) < 4.78 is 0. The van der Waals surface area contributed by atoms with Gasteiger partial charge < -0.3 is 0 Å². The van der Waals surface area contributed by atoms with Crippen LogP contribution in [0.3, 0.4) is 0 Å². The summed E-state index contributed by atoms with van der Waals surface area (Å²) in [5, 5.41) is 0. The van der Waals surface area contributed by atoms with Gasteiger partial charge in [0.1, 0.15) is 0 Å². The summed E-state index contributed by atoms with van der Waals surface area (Å²) in [6.07, 6.45) is 5.24. The van der Waals surface area contributed by atoms with Crippen LogP contribution in [0.1, 0.15) is 38.3 Å². The van der Waals surface area contributed by atoms with Crippen LogP contribution in [0, 0.1) is 6.92 Å². The Balaban J connectivity index is 0.000000868. The van der Waals surface area contributed by atoms with E-state index in [1.807, 2.05) is 19.1 Å². The van der Waals surface area contributed by atoms with Gasteiger partial charge in [-0.3, -0.25) is 0 Å². The molecule has 0 radical (unpaired) electrons. The summed E-state index contributed by atoms with van der Waals surface area (Å²) in [5.41, 5.74) is 6.24. The standard InChI is InChI=1S/C18H18.C3H8.C2H4/c1-4-15(5-2)17-12-11-14(3)18(13-17)16-9-7-6-8-10-16;1-3-2;1-2/h4-13H,1H2,2-3H3;3H2,1-2H3;1-2H2/b15-5+;;. The Morgan fingerprint density at radius 1 is 1.00 bits per heavy atom. The summed E-state index contributed by atoms with van der Waals surface area (Å²) in [5.74, 6) is 0. The van der Waals surface area contributed by atoms with Crippen LogP contribution in [0.25, 0.3) is 16.7 Å². The van der Waals surface area contributed by atoms with Crippen LogP contribution in [0.4, 0.5) is 0 Å². The monoisotopic (exact) mass is 306 g/mol. The first kappa shape index (κ1) is 20.7. The largest absolute Gasteiger partial charge is 0.106 e. The lowest BCUT2D eigenvalue weighted by atomic mass is 9.95. The Morgan fingerprint density at radius 3 is 2.04 bits per heavy atom. The Hall–Kier alpha value is -2.34. The maximum absolute atomic E-state index is 3.86. The molecule has 2 rings (SSSR count). The first-order valence-corrected chi connectivity index (χ1v) is 8.13. The molecule has 0 fully saturated rings. The van der Waals surface area contributed by atoms with Gasteiger partial charge in [-0.15, -0.1) is 13.2 Å². The number of hydrogen-bond acceptors (Lipinski definition) is 0. The van der Waals surface area contributed by atoms with Crippen LogP contribution in [0.5, 0.6) is 0 Å². The van der Waals surface area contributed by atoms with E-state index in [1.165, 1.54) is 34.2 Å². The van der Waals surface area contributed by atoms with Crippen molar-refractivity contribution in [1.82, 2.24) is 0 Å². The van der Waals surface area contributed by atoms with Crippen LogP contribution in [-0.4, -0.2) is 0 Å². The van der Waals surface area contributed by atoms with Gasteiger partial charge in [0.05, 0.1) is 0 Å². The van der Waals surface area contributed by atoms with Crippen LogP contribution in [-0.2, 0) is 0 Å². The zero-order chi connectivity index (χ0) is 17.7. The molecule has 122 valence electrons. The third-order valence-electron chi connectivity index (χ3n) is 3.19. The third-order valence-corrected chi connectivity index (χ3v) is 3.19. The Labute approximate surface area is 142 Å². The molecule has 0 bridgehead atoms. The molecule has 0 spiro atoms. The van der Waals surface area contributed by atoms with Crippen molar-refractivity contribution in [3.8, 4) is 11.1 Å². The number of benzene rings is 2. The Kier molecular flexibility index (Phi) is 11.0. The van der Waals surface area contributed by atoms with Gasteiger partial charge >= 0.3 is 0 Å². The van der Waals surface area contributed by atoms with Crippen LogP contribution < -0.4 is 0 Å². The molecule has 0 nitrogen and oxygen atoms in total. The zero-order valence-corrected chi connectivity index (χ0v) is 15.1. The van der Waals surface area contributed by atoms with Gasteiger partial charge in [0.2, 0.25) is 0 Å². The predicted octanol–water partition coefficient (Wildman–Crippen LogP) is 7.47. The molecule has 0 amide bonds. The van der Waals surface area contributed by atoms with Crippen molar-refractivity contribution >= 4 is 5.57 Å². The van der Waals surface area contributed by atoms with Crippen molar-refractivity contribution in [2.45, 2.75) is 34.1 Å². The minimum atomic E-state index is 1.17. The van der Waals surface area contributed by atoms with E-state index in [4.69, 9.17) is 0 Å². The number of aryl methyl sites for hydroxylation is 1. The Morgan fingerprint density at radius 2 is 1.57 bits per heavy atom. The van der Waals surface area contributed by atoms with Gasteiger partial charge in [0.25, 0.3) is 0 Å². The molecule has 0 saturated heterocycles. The molecule has 0 aliphatic carbocycles. The molecule has 23 heavy (non-hydrogen) atoms. The van der Waals surface area contributed by atoms with E-state index in [-0.39, 0.29) is 0 Å². The van der Waals surface area contributed by atoms with E-state index in [0.29, 0.717) is 0 Å². The van der Waals surface area contributed by atoms with Crippen molar-refractivity contribution < 1.29 is 0 Å². The van der Waals surface area contributed by atoms with Crippen molar-refractivity contribution in [1.29, 1.82) is 0 Å². The third kappa shape index (κ3) is 6.52. The average Bonchev–Trinajstić information content (AvgIpc) is 2.60. The summed E-state index contributed by atoms with van der Waals surface area (Å²) in [6, 6.07) is 17.1. The SMILES string of the molecule is C=C.C=C/C(=C\C)c1ccc(C)c(-c2ccccc2)c1.CCC. The highest BCUT2D eigenvalue weighted by atomic mass is 14.1. The molecular weight excluding hydrogens is 276 g/mol. The van der Waals surface area contributed by atoms with Crippen molar-refractivity contribution in [3.63, 3.8) is 0 Å². The quantitative estimate of drug-likeness (QED) is 0.407. The lowest BCUT2D eigenvalue weighted by Crippen LogP contribution is -1.87. The van der Waals surface area contributed by atoms with E-state index in [2.05, 4.69) is 89.0 Å². The first-order valence-electron chi connectivity index (χ1n) is 8.13. The highest BCUT2D eigenvalue weighted by molar-refractivity contribution is 5.78. The molecule has 0 aromatic heterocycles. The van der Waals surface area contributed by atoms with Gasteiger partial charge in [-0.2, -0.15) is 0 Å². The first-order chi connectivity index (χ1) is 11.2. The van der Waals surface area contributed by atoms with Crippen molar-refractivity contribution in [2.24, 2.45) is 0 Å². The zero-order valence-electron chi connectivity index (χ0n) is 15.1. The van der Waals surface area contributed by atoms with Crippen molar-refractivity contribution in [3.05, 3.63) is 91.5 Å². The fourth-order valence-electron chi connectivity index (χ4n) is 2.13. The maximum Gasteiger partial charge on any atom is -0.0149 e. The molecular formula is C23H30. The highest BCUT2D eigenvalue weighted by Gasteiger charge is 2.04. The van der Waals surface area contributed by atoms with Crippen LogP contribution in [0.15, 0.2) is 80.4 Å². The molecule has 0 heteroatoms. The maximum atomic E-state index is 3.86. The number of allylic oxidation sites excluding steroid dienone is 3. The number of rotatable bonds is 3. The summed E-state index contributed by atoms with van der Waals surface area (Å²) in [4.78, 5) is 0. The van der Waals surface area contributed by atoms with E-state index in [9.17, 15) is 0 Å². The van der Waals surface area contributed by atoms with Gasteiger partial charge in [0.15, 0.2) is 0 Å². The second-order valence-corrected chi connectivity index (χ2v) is 5.05. The Bertz CT molecular complexity index is 603. The van der Waals surface area contributed by atoms with E-state index >= 15 is 0 Å². The normalized spacial score (nSPS) is 9.83. The summed E-state index contributed by atoms with van der Waals surface area (Å²) >= 11 is 0. The molecule has 0 aliphatic rings. The lowest BCUT2D eigenvalue weighted by molar-refractivity contribution is 1.09. The van der Waals surface area contributed by atoms with Gasteiger partial charge in [-0.05, 0) is 47.7 Å². The molecule has 0 atom stereocenters. The molecule has 2 aromatic carbocycles. The molecule has 0 heterocycles. The predicted molar refractivity (Wildman–Crippen MR) is 108 cm³/mol. The van der Waals surface area contributed by atoms with Crippen molar-refractivity contribution in [2.75, 3.05) is 0 Å². The second-order valence-electron chi connectivity index (χ2n) is 5.05. The lowest BCUT2D eigenvalue weighted by Gasteiger charge is -2.10. The molecule has 0 unspecified atom stereocenters. The van der Waals surface area contributed by atoms with E-state index in [1.54, 1.807) is 0 Å². The van der Waals surface area contributed by atoms with E-state index in [0.717, 1.165) is 0 Å².